The van der Waals surface area contributed by atoms with Crippen molar-refractivity contribution >= 4 is 35.7 Å². The molecule has 1 fully saturated rings. The van der Waals surface area contributed by atoms with Gasteiger partial charge in [-0.05, 0) is 11.6 Å². The molecule has 1 aliphatic heterocycles. The van der Waals surface area contributed by atoms with E-state index in [4.69, 9.17) is 33.2 Å². The second kappa shape index (κ2) is 13.3. The first-order valence-corrected chi connectivity index (χ1v) is 11.7. The standard InChI is InChI=1S/C24H25N3O14/c1-12(28)37-18-19(38-13(2)29)21(39-14(3)30)23(41-20(18)22(31)35-4)40-17-6-5-15(9-16(17)27(33)34)10-36-24(32)26-8-7-25-11-26/h5-9,11,18-21,23H,10H2,1-4H3/t18-,19-,20-,21+,23+/m0/s1. The van der Waals surface area contributed by atoms with E-state index < -0.39 is 77.0 Å². The van der Waals surface area contributed by atoms with Gasteiger partial charge < -0.3 is 33.2 Å². The van der Waals surface area contributed by atoms with Crippen LogP contribution in [0.25, 0.3) is 0 Å². The fraction of sp³-hybridized carbons (Fsp3) is 0.417. The lowest BCUT2D eigenvalue weighted by molar-refractivity contribution is -0.387. The van der Waals surface area contributed by atoms with Crippen LogP contribution in [0.5, 0.6) is 5.75 Å². The SMILES string of the molecule is COC(=O)[C@H]1O[C@@H](Oc2ccc(COC(=O)n3ccnc3)cc2[N+](=O)[O-])[C@H](OC(C)=O)[C@@H](OC(C)=O)[C@@H]1OC(C)=O. The number of nitro benzene ring substituents is 1. The number of benzene rings is 1. The Kier molecular flexibility index (Phi) is 9.91. The number of nitrogens with zero attached hydrogens (tertiary/aromatic N) is 3. The Morgan fingerprint density at radius 1 is 1.00 bits per heavy atom. The summed E-state index contributed by atoms with van der Waals surface area (Å²) < 4.78 is 37.8. The first-order chi connectivity index (χ1) is 19.4. The highest BCUT2D eigenvalue weighted by atomic mass is 16.7. The highest BCUT2D eigenvalue weighted by molar-refractivity contribution is 5.77. The van der Waals surface area contributed by atoms with Crippen LogP contribution >= 0.6 is 0 Å². The fourth-order valence-electron chi connectivity index (χ4n) is 3.78. The number of nitro groups is 1. The molecule has 2 aromatic rings. The van der Waals surface area contributed by atoms with Gasteiger partial charge in [0, 0.05) is 39.2 Å². The monoisotopic (exact) mass is 579 g/mol. The van der Waals surface area contributed by atoms with Crippen molar-refractivity contribution in [3.8, 4) is 5.75 Å². The van der Waals surface area contributed by atoms with Gasteiger partial charge in [0.25, 0.3) is 0 Å². The van der Waals surface area contributed by atoms with Crippen LogP contribution < -0.4 is 4.74 Å². The summed E-state index contributed by atoms with van der Waals surface area (Å²) in [4.78, 5) is 75.1. The van der Waals surface area contributed by atoms with Gasteiger partial charge in [-0.1, -0.05) is 6.07 Å². The zero-order valence-electron chi connectivity index (χ0n) is 22.1. The maximum absolute atomic E-state index is 12.6. The van der Waals surface area contributed by atoms with Gasteiger partial charge in [-0.3, -0.25) is 24.5 Å². The van der Waals surface area contributed by atoms with Gasteiger partial charge in [-0.15, -0.1) is 0 Å². The number of carbonyl (C=O) groups excluding carboxylic acids is 5. The first kappa shape index (κ1) is 30.5. The second-order valence-corrected chi connectivity index (χ2v) is 8.37. The molecule has 0 unspecified atom stereocenters. The quantitative estimate of drug-likeness (QED) is 0.176. The molecule has 2 heterocycles. The lowest BCUT2D eigenvalue weighted by atomic mass is 9.97. The van der Waals surface area contributed by atoms with Gasteiger partial charge in [0.2, 0.25) is 12.4 Å². The zero-order valence-corrected chi connectivity index (χ0v) is 22.1. The predicted octanol–water partition coefficient (Wildman–Crippen LogP) is 1.05. The molecule has 1 aromatic carbocycles. The summed E-state index contributed by atoms with van der Waals surface area (Å²) >= 11 is 0. The van der Waals surface area contributed by atoms with Gasteiger partial charge >= 0.3 is 35.7 Å². The molecule has 0 amide bonds. The van der Waals surface area contributed by atoms with Crippen molar-refractivity contribution in [2.75, 3.05) is 7.11 Å². The normalized spacial score (nSPS) is 21.6. The number of rotatable bonds is 9. The highest BCUT2D eigenvalue weighted by Gasteiger charge is 2.56. The number of esters is 4. The molecule has 0 bridgehead atoms. The van der Waals surface area contributed by atoms with Crippen LogP contribution in [0.2, 0.25) is 0 Å². The van der Waals surface area contributed by atoms with Crippen molar-refractivity contribution in [3.63, 3.8) is 0 Å². The van der Waals surface area contributed by atoms with E-state index in [1.165, 1.54) is 24.8 Å². The smallest absolute Gasteiger partial charge is 0.419 e. The molecule has 41 heavy (non-hydrogen) atoms. The summed E-state index contributed by atoms with van der Waals surface area (Å²) in [6, 6.07) is 3.55. The molecule has 0 N–H and O–H groups in total. The molecule has 5 atom stereocenters. The molecule has 1 saturated heterocycles. The molecular formula is C24H25N3O14. The van der Waals surface area contributed by atoms with Crippen LogP contribution in [-0.4, -0.2) is 82.3 Å². The lowest BCUT2D eigenvalue weighted by Crippen LogP contribution is -2.64. The summed E-state index contributed by atoms with van der Waals surface area (Å²) in [5, 5.41) is 11.9. The average Bonchev–Trinajstić information content (AvgIpc) is 3.45. The van der Waals surface area contributed by atoms with Gasteiger partial charge in [-0.25, -0.2) is 19.1 Å². The van der Waals surface area contributed by atoms with E-state index in [1.54, 1.807) is 0 Å². The number of hydrogen-bond donors (Lipinski definition) is 0. The highest BCUT2D eigenvalue weighted by Crippen LogP contribution is 2.35. The topological polar surface area (TPSA) is 211 Å². The van der Waals surface area contributed by atoms with Crippen LogP contribution in [-0.2, 0) is 54.2 Å². The molecule has 220 valence electrons. The van der Waals surface area contributed by atoms with Gasteiger partial charge in [0.1, 0.15) is 12.9 Å². The molecule has 17 nitrogen and oxygen atoms in total. The summed E-state index contributed by atoms with van der Waals surface area (Å²) in [6.07, 6.45) is -5.38. The van der Waals surface area contributed by atoms with Gasteiger partial charge in [0.15, 0.2) is 24.1 Å². The van der Waals surface area contributed by atoms with Crippen LogP contribution in [0.15, 0.2) is 36.9 Å². The maximum Gasteiger partial charge on any atom is 0.419 e. The van der Waals surface area contributed by atoms with Crippen molar-refractivity contribution in [1.29, 1.82) is 0 Å². The molecule has 0 aliphatic carbocycles. The molecule has 3 rings (SSSR count). The van der Waals surface area contributed by atoms with Crippen molar-refractivity contribution in [3.05, 3.63) is 52.6 Å². The molecule has 1 aromatic heterocycles. The van der Waals surface area contributed by atoms with Crippen LogP contribution in [0.3, 0.4) is 0 Å². The maximum atomic E-state index is 12.6. The van der Waals surface area contributed by atoms with Crippen molar-refractivity contribution in [1.82, 2.24) is 9.55 Å². The lowest BCUT2D eigenvalue weighted by Gasteiger charge is -2.42. The van der Waals surface area contributed by atoms with Crippen molar-refractivity contribution in [2.45, 2.75) is 58.1 Å². The third kappa shape index (κ3) is 7.75. The zero-order chi connectivity index (χ0) is 30.3. The number of aromatic nitrogens is 2. The third-order valence-corrected chi connectivity index (χ3v) is 5.38. The van der Waals surface area contributed by atoms with Gasteiger partial charge in [0.05, 0.1) is 12.0 Å². The number of hydrogen-bond acceptors (Lipinski definition) is 15. The molecule has 0 radical (unpaired) electrons. The minimum absolute atomic E-state index is 0.207. The predicted molar refractivity (Wildman–Crippen MR) is 129 cm³/mol. The van der Waals surface area contributed by atoms with E-state index in [2.05, 4.69) is 4.98 Å². The molecule has 0 saturated carbocycles. The number of imidazole rings is 1. The van der Waals surface area contributed by atoms with E-state index in [0.717, 1.165) is 44.6 Å². The summed E-state index contributed by atoms with van der Waals surface area (Å²) in [5.41, 5.74) is -0.411. The average molecular weight is 579 g/mol. The number of ether oxygens (including phenoxy) is 7. The van der Waals surface area contributed by atoms with E-state index in [9.17, 15) is 34.1 Å². The van der Waals surface area contributed by atoms with Crippen LogP contribution in [0, 0.1) is 10.1 Å². The molecule has 0 spiro atoms. The summed E-state index contributed by atoms with van der Waals surface area (Å²) in [7, 11) is 1.01. The Bertz CT molecular complexity index is 1310. The molecular weight excluding hydrogens is 554 g/mol. The van der Waals surface area contributed by atoms with Crippen molar-refractivity contribution in [2.24, 2.45) is 0 Å². The third-order valence-electron chi connectivity index (χ3n) is 5.38. The second-order valence-electron chi connectivity index (χ2n) is 8.37. The minimum Gasteiger partial charge on any atom is -0.467 e. The van der Waals surface area contributed by atoms with E-state index >= 15 is 0 Å². The Hall–Kier alpha value is -5.06. The van der Waals surface area contributed by atoms with E-state index in [-0.39, 0.29) is 12.2 Å². The minimum atomic E-state index is -1.80. The Balaban J connectivity index is 1.96. The van der Waals surface area contributed by atoms with E-state index in [1.807, 2.05) is 0 Å². The summed E-state index contributed by atoms with van der Waals surface area (Å²) in [6.45, 7) is 2.69. The van der Waals surface area contributed by atoms with E-state index in [0.29, 0.717) is 0 Å². The molecule has 1 aliphatic rings. The van der Waals surface area contributed by atoms with Crippen LogP contribution in [0.1, 0.15) is 26.3 Å². The first-order valence-electron chi connectivity index (χ1n) is 11.7. The van der Waals surface area contributed by atoms with Crippen molar-refractivity contribution < 1.29 is 62.1 Å². The molecule has 17 heteroatoms. The van der Waals surface area contributed by atoms with Crippen LogP contribution in [0.4, 0.5) is 10.5 Å². The fourth-order valence-corrected chi connectivity index (χ4v) is 3.78. The summed E-state index contributed by atoms with van der Waals surface area (Å²) in [5.74, 6) is -4.21. The Morgan fingerprint density at radius 3 is 2.20 bits per heavy atom. The van der Waals surface area contributed by atoms with Gasteiger partial charge in [-0.2, -0.15) is 0 Å². The number of methoxy groups -OCH3 is 1. The largest absolute Gasteiger partial charge is 0.467 e. The number of carbonyl (C=O) groups is 5. The Morgan fingerprint density at radius 2 is 1.63 bits per heavy atom. The Labute approximate surface area is 231 Å².